The molecular weight excluding hydrogens is 332 g/mol. The molecule has 2 aromatic heterocycles. The third-order valence-corrected chi connectivity index (χ3v) is 4.36. The molecule has 0 unspecified atom stereocenters. The molecule has 0 aliphatic rings. The van der Waals surface area contributed by atoms with Crippen LogP contribution in [0.4, 0.5) is 5.69 Å². The van der Waals surface area contributed by atoms with E-state index in [2.05, 4.69) is 26.8 Å². The molecule has 0 spiro atoms. The van der Waals surface area contributed by atoms with Gasteiger partial charge in [0.05, 0.1) is 16.6 Å². The molecule has 0 atom stereocenters. The molecule has 0 saturated heterocycles. The van der Waals surface area contributed by atoms with Crippen LogP contribution in [0.15, 0.2) is 58.3 Å². The van der Waals surface area contributed by atoms with Crippen LogP contribution in [-0.2, 0) is 6.54 Å². The monoisotopic (exact) mass is 348 g/mol. The smallest absolute Gasteiger partial charge is 0.314 e. The molecule has 0 bridgehead atoms. The van der Waals surface area contributed by atoms with Crippen molar-refractivity contribution >= 4 is 33.5 Å². The van der Waals surface area contributed by atoms with Gasteiger partial charge in [0.15, 0.2) is 0 Å². The first-order valence-corrected chi connectivity index (χ1v) is 8.22. The highest BCUT2D eigenvalue weighted by Gasteiger charge is 2.09. The van der Waals surface area contributed by atoms with Crippen molar-refractivity contribution in [1.82, 2.24) is 14.5 Å². The summed E-state index contributed by atoms with van der Waals surface area (Å²) < 4.78 is 2.10. The number of H-pyrrole nitrogens is 2. The lowest BCUT2D eigenvalue weighted by atomic mass is 10.1. The Labute approximate surface area is 147 Å². The fraction of sp³-hybridized carbons (Fsp3) is 0.105. The van der Waals surface area contributed by atoms with Gasteiger partial charge in [-0.25, -0.2) is 0 Å². The summed E-state index contributed by atoms with van der Waals surface area (Å²) >= 11 is 0. The average Bonchev–Trinajstić information content (AvgIpc) is 3.04. The van der Waals surface area contributed by atoms with Crippen LogP contribution in [0.3, 0.4) is 0 Å². The second-order valence-corrected chi connectivity index (χ2v) is 6.00. The maximum absolute atomic E-state index is 12.6. The van der Waals surface area contributed by atoms with Crippen LogP contribution in [0.5, 0.6) is 0 Å². The van der Waals surface area contributed by atoms with E-state index in [4.69, 9.17) is 0 Å². The number of benzene rings is 2. The summed E-state index contributed by atoms with van der Waals surface area (Å²) in [4.78, 5) is 40.3. The van der Waals surface area contributed by atoms with Crippen LogP contribution < -0.4 is 16.4 Å². The van der Waals surface area contributed by atoms with E-state index in [-0.39, 0.29) is 5.91 Å². The van der Waals surface area contributed by atoms with Crippen LogP contribution in [0, 0.1) is 0 Å². The number of carbonyl (C=O) groups is 1. The van der Waals surface area contributed by atoms with Crippen molar-refractivity contribution in [2.24, 2.45) is 0 Å². The van der Waals surface area contributed by atoms with Gasteiger partial charge in [-0.2, -0.15) is 0 Å². The lowest BCUT2D eigenvalue weighted by Crippen LogP contribution is -2.29. The maximum atomic E-state index is 12.6. The van der Waals surface area contributed by atoms with Crippen molar-refractivity contribution < 1.29 is 4.79 Å². The Morgan fingerprint density at radius 1 is 1.00 bits per heavy atom. The summed E-state index contributed by atoms with van der Waals surface area (Å²) in [6.07, 6.45) is 2.01. The van der Waals surface area contributed by atoms with Gasteiger partial charge in [-0.15, -0.1) is 0 Å². The molecular formula is C19H16N4O3. The van der Waals surface area contributed by atoms with E-state index < -0.39 is 11.1 Å². The number of aromatic amines is 2. The second-order valence-electron chi connectivity index (χ2n) is 6.00. The van der Waals surface area contributed by atoms with Gasteiger partial charge >= 0.3 is 11.1 Å². The fourth-order valence-electron chi connectivity index (χ4n) is 3.00. The van der Waals surface area contributed by atoms with Gasteiger partial charge in [-0.3, -0.25) is 14.4 Å². The number of anilines is 1. The molecule has 2 heterocycles. The SMILES string of the molecule is CCn1ccc2ccc(NC(=O)c3ccc4[nH]c(=O)c(=O)[nH]c4c3)cc21. The van der Waals surface area contributed by atoms with E-state index in [9.17, 15) is 14.4 Å². The zero-order chi connectivity index (χ0) is 18.3. The minimum absolute atomic E-state index is 0.298. The Morgan fingerprint density at radius 3 is 2.54 bits per heavy atom. The van der Waals surface area contributed by atoms with Crippen molar-refractivity contribution in [2.45, 2.75) is 13.5 Å². The summed E-state index contributed by atoms with van der Waals surface area (Å²) in [5.41, 5.74) is 1.51. The molecule has 0 aliphatic heterocycles. The number of hydrogen-bond donors (Lipinski definition) is 3. The van der Waals surface area contributed by atoms with Gasteiger partial charge in [0.2, 0.25) is 0 Å². The number of hydrogen-bond acceptors (Lipinski definition) is 3. The first-order valence-electron chi connectivity index (χ1n) is 8.22. The van der Waals surface area contributed by atoms with Gasteiger partial charge in [0.1, 0.15) is 0 Å². The van der Waals surface area contributed by atoms with Crippen LogP contribution >= 0.6 is 0 Å². The largest absolute Gasteiger partial charge is 0.348 e. The standard InChI is InChI=1S/C19H16N4O3/c1-2-23-8-7-11-3-5-13(10-16(11)23)20-17(24)12-4-6-14-15(9-12)22-19(26)18(25)21-14/h3-10H,2H2,1H3,(H,20,24)(H,21,25)(H,22,26). The minimum Gasteiger partial charge on any atom is -0.348 e. The molecule has 0 fully saturated rings. The van der Waals surface area contributed by atoms with Crippen molar-refractivity contribution in [3.8, 4) is 0 Å². The molecule has 26 heavy (non-hydrogen) atoms. The molecule has 7 nitrogen and oxygen atoms in total. The molecule has 1 amide bonds. The van der Waals surface area contributed by atoms with Gasteiger partial charge in [-0.1, -0.05) is 6.07 Å². The molecule has 130 valence electrons. The van der Waals surface area contributed by atoms with E-state index in [1.165, 1.54) is 6.07 Å². The zero-order valence-corrected chi connectivity index (χ0v) is 14.0. The van der Waals surface area contributed by atoms with Crippen molar-refractivity contribution in [2.75, 3.05) is 5.32 Å². The maximum Gasteiger partial charge on any atom is 0.314 e. The number of fused-ring (bicyclic) bond motifs is 2. The lowest BCUT2D eigenvalue weighted by molar-refractivity contribution is 0.102. The summed E-state index contributed by atoms with van der Waals surface area (Å²) in [5, 5.41) is 3.97. The highest BCUT2D eigenvalue weighted by Crippen LogP contribution is 2.21. The molecule has 4 aromatic rings. The molecule has 7 heteroatoms. The number of nitrogens with one attached hydrogen (secondary N) is 3. The molecule has 2 aromatic carbocycles. The Bertz CT molecular complexity index is 1260. The van der Waals surface area contributed by atoms with Crippen LogP contribution in [0.25, 0.3) is 21.9 Å². The van der Waals surface area contributed by atoms with Crippen LogP contribution in [0.2, 0.25) is 0 Å². The highest BCUT2D eigenvalue weighted by atomic mass is 16.2. The quantitative estimate of drug-likeness (QED) is 0.496. The van der Waals surface area contributed by atoms with Crippen molar-refractivity contribution in [1.29, 1.82) is 0 Å². The van der Waals surface area contributed by atoms with Crippen molar-refractivity contribution in [3.63, 3.8) is 0 Å². The summed E-state index contributed by atoms with van der Waals surface area (Å²) in [6.45, 7) is 2.90. The highest BCUT2D eigenvalue weighted by molar-refractivity contribution is 6.06. The topological polar surface area (TPSA) is 99.8 Å². The number of rotatable bonds is 3. The summed E-state index contributed by atoms with van der Waals surface area (Å²) in [7, 11) is 0. The third kappa shape index (κ3) is 2.69. The molecule has 0 radical (unpaired) electrons. The minimum atomic E-state index is -0.749. The van der Waals surface area contributed by atoms with Crippen LogP contribution in [0.1, 0.15) is 17.3 Å². The Balaban J connectivity index is 1.67. The van der Waals surface area contributed by atoms with Gasteiger partial charge in [0.25, 0.3) is 5.91 Å². The third-order valence-electron chi connectivity index (χ3n) is 4.36. The fourth-order valence-corrected chi connectivity index (χ4v) is 3.00. The van der Waals surface area contributed by atoms with E-state index in [0.29, 0.717) is 22.3 Å². The predicted molar refractivity (Wildman–Crippen MR) is 101 cm³/mol. The summed E-state index contributed by atoms with van der Waals surface area (Å²) in [6, 6.07) is 12.5. The zero-order valence-electron chi connectivity index (χ0n) is 14.0. The molecule has 4 rings (SSSR count). The van der Waals surface area contributed by atoms with Gasteiger partial charge in [-0.05, 0) is 48.7 Å². The van der Waals surface area contributed by atoms with E-state index in [1.54, 1.807) is 12.1 Å². The molecule has 0 aliphatic carbocycles. The predicted octanol–water partition coefficient (Wildman–Crippen LogP) is 2.44. The first kappa shape index (κ1) is 15.9. The number of carbonyl (C=O) groups excluding carboxylic acids is 1. The second kappa shape index (κ2) is 6.03. The average molecular weight is 348 g/mol. The van der Waals surface area contributed by atoms with Crippen molar-refractivity contribution in [3.05, 3.63) is 74.9 Å². The van der Waals surface area contributed by atoms with Gasteiger partial charge < -0.3 is 19.9 Å². The Kier molecular flexibility index (Phi) is 3.69. The molecule has 3 N–H and O–H groups in total. The lowest BCUT2D eigenvalue weighted by Gasteiger charge is -2.08. The number of aromatic nitrogens is 3. The van der Waals surface area contributed by atoms with Crippen LogP contribution in [-0.4, -0.2) is 20.4 Å². The summed E-state index contributed by atoms with van der Waals surface area (Å²) in [5.74, 6) is -0.298. The first-order chi connectivity index (χ1) is 12.5. The van der Waals surface area contributed by atoms with E-state index in [0.717, 1.165) is 17.4 Å². The Morgan fingerprint density at radius 2 is 1.77 bits per heavy atom. The number of nitrogens with zero attached hydrogens (tertiary/aromatic N) is 1. The number of amides is 1. The normalized spacial score (nSPS) is 11.1. The van der Waals surface area contributed by atoms with E-state index in [1.807, 2.05) is 30.5 Å². The number of aryl methyl sites for hydroxylation is 1. The van der Waals surface area contributed by atoms with Gasteiger partial charge in [0, 0.05) is 24.0 Å². The molecule has 0 saturated carbocycles. The Hall–Kier alpha value is -3.61. The van der Waals surface area contributed by atoms with E-state index >= 15 is 0 Å².